The number of benzene rings is 2. The maximum absolute atomic E-state index is 12.1. The maximum Gasteiger partial charge on any atom is 0.250 e. The van der Waals surface area contributed by atoms with Crippen molar-refractivity contribution in [3.8, 4) is 17.2 Å². The normalized spacial score (nSPS) is 10.5. The van der Waals surface area contributed by atoms with Crippen LogP contribution >= 0.6 is 12.2 Å². The van der Waals surface area contributed by atoms with Crippen LogP contribution in [0.1, 0.15) is 37.8 Å². The molecule has 2 rings (SSSR count). The van der Waals surface area contributed by atoms with E-state index in [0.717, 1.165) is 35.5 Å². The molecule has 0 aliphatic carbocycles. The molecule has 0 saturated heterocycles. The van der Waals surface area contributed by atoms with E-state index in [1.165, 1.54) is 6.08 Å². The number of hydrogen-bond donors (Lipinski definition) is 2. The van der Waals surface area contributed by atoms with Crippen molar-refractivity contribution in [1.29, 1.82) is 0 Å². The fourth-order valence-electron chi connectivity index (χ4n) is 2.66. The Morgan fingerprint density at radius 2 is 1.84 bits per heavy atom. The van der Waals surface area contributed by atoms with Crippen molar-refractivity contribution in [2.75, 3.05) is 20.3 Å². The quantitative estimate of drug-likeness (QED) is 0.304. The van der Waals surface area contributed by atoms with E-state index in [0.29, 0.717) is 25.5 Å². The molecule has 0 atom stereocenters. The number of methoxy groups -OCH3 is 1. The minimum absolute atomic E-state index is 0.253. The third-order valence-electron chi connectivity index (χ3n) is 4.29. The smallest absolute Gasteiger partial charge is 0.250 e. The molecular weight excluding hydrogens is 412 g/mol. The van der Waals surface area contributed by atoms with Gasteiger partial charge in [0.15, 0.2) is 16.6 Å². The number of thiocarbonyl (C=S) groups is 1. The van der Waals surface area contributed by atoms with Gasteiger partial charge in [0.2, 0.25) is 5.91 Å². The molecule has 31 heavy (non-hydrogen) atoms. The maximum atomic E-state index is 12.1. The highest BCUT2D eigenvalue weighted by molar-refractivity contribution is 7.80. The lowest BCUT2D eigenvalue weighted by Gasteiger charge is -2.13. The SMILES string of the molecule is CCCCOc1ccc(CNC(=S)NC(=O)/C=C/c2ccc(OCC)cc2)cc1OC. The first-order valence-electron chi connectivity index (χ1n) is 10.3. The fourth-order valence-corrected chi connectivity index (χ4v) is 2.83. The number of unbranched alkanes of at least 4 members (excludes halogenated alkanes) is 1. The summed E-state index contributed by atoms with van der Waals surface area (Å²) in [5.41, 5.74) is 1.85. The van der Waals surface area contributed by atoms with Crippen LogP contribution in [0.15, 0.2) is 48.5 Å². The lowest BCUT2D eigenvalue weighted by molar-refractivity contribution is -0.115. The number of rotatable bonds is 11. The molecule has 2 aromatic carbocycles. The van der Waals surface area contributed by atoms with Gasteiger partial charge in [-0.15, -0.1) is 0 Å². The number of nitrogens with one attached hydrogen (secondary N) is 2. The van der Waals surface area contributed by atoms with Gasteiger partial charge in [-0.25, -0.2) is 0 Å². The van der Waals surface area contributed by atoms with E-state index in [4.69, 9.17) is 26.4 Å². The van der Waals surface area contributed by atoms with E-state index in [9.17, 15) is 4.79 Å². The Morgan fingerprint density at radius 1 is 1.06 bits per heavy atom. The predicted molar refractivity (Wildman–Crippen MR) is 128 cm³/mol. The Kier molecular flexibility index (Phi) is 10.4. The fraction of sp³-hybridized carbons (Fsp3) is 0.333. The Balaban J connectivity index is 1.82. The number of carbonyl (C=O) groups excluding carboxylic acids is 1. The number of hydrogen-bond acceptors (Lipinski definition) is 5. The average Bonchev–Trinajstić information content (AvgIpc) is 2.78. The van der Waals surface area contributed by atoms with Crippen molar-refractivity contribution in [3.05, 3.63) is 59.7 Å². The molecule has 1 amide bonds. The topological polar surface area (TPSA) is 68.8 Å². The third-order valence-corrected chi connectivity index (χ3v) is 4.54. The monoisotopic (exact) mass is 442 g/mol. The van der Waals surface area contributed by atoms with Gasteiger partial charge in [-0.05, 0) is 67.0 Å². The van der Waals surface area contributed by atoms with Gasteiger partial charge >= 0.3 is 0 Å². The standard InChI is InChI=1S/C24H30N2O4S/c1-4-6-15-30-21-13-9-19(16-22(21)28-3)17-25-24(31)26-23(27)14-10-18-7-11-20(12-8-18)29-5-2/h7-14,16H,4-6,15,17H2,1-3H3,(H2,25,26,27,31)/b14-10+. The molecule has 7 heteroatoms. The van der Waals surface area contributed by atoms with E-state index in [1.54, 1.807) is 13.2 Å². The molecule has 0 fully saturated rings. The molecule has 6 nitrogen and oxygen atoms in total. The minimum Gasteiger partial charge on any atom is -0.494 e. The molecule has 166 valence electrons. The van der Waals surface area contributed by atoms with E-state index < -0.39 is 0 Å². The Hall–Kier alpha value is -3.06. The second-order valence-electron chi connectivity index (χ2n) is 6.69. The molecule has 2 N–H and O–H groups in total. The van der Waals surface area contributed by atoms with E-state index >= 15 is 0 Å². The third kappa shape index (κ3) is 8.68. The van der Waals surface area contributed by atoms with E-state index in [1.807, 2.05) is 49.4 Å². The highest BCUT2D eigenvalue weighted by atomic mass is 32.1. The Bertz CT molecular complexity index is 882. The van der Waals surface area contributed by atoms with Crippen molar-refractivity contribution in [3.63, 3.8) is 0 Å². The van der Waals surface area contributed by atoms with Gasteiger partial charge in [-0.2, -0.15) is 0 Å². The lowest BCUT2D eigenvalue weighted by atomic mass is 10.2. The van der Waals surface area contributed by atoms with Crippen LogP contribution in [0.5, 0.6) is 17.2 Å². The van der Waals surface area contributed by atoms with Crippen molar-refractivity contribution in [2.24, 2.45) is 0 Å². The first kappa shape index (κ1) is 24.2. The summed E-state index contributed by atoms with van der Waals surface area (Å²) in [5.74, 6) is 1.88. The first-order chi connectivity index (χ1) is 15.0. The lowest BCUT2D eigenvalue weighted by Crippen LogP contribution is -2.37. The molecule has 0 bridgehead atoms. The van der Waals surface area contributed by atoms with E-state index in [-0.39, 0.29) is 11.0 Å². The van der Waals surface area contributed by atoms with Gasteiger partial charge in [-0.1, -0.05) is 31.5 Å². The van der Waals surface area contributed by atoms with Crippen LogP contribution in [0.3, 0.4) is 0 Å². The summed E-state index contributed by atoms with van der Waals surface area (Å²) in [6.07, 6.45) is 5.22. The molecule has 0 aromatic heterocycles. The zero-order valence-corrected chi connectivity index (χ0v) is 19.1. The predicted octanol–water partition coefficient (Wildman–Crippen LogP) is 4.48. The van der Waals surface area contributed by atoms with Gasteiger partial charge in [0.25, 0.3) is 0 Å². The molecule has 0 aliphatic rings. The number of carbonyl (C=O) groups is 1. The number of ether oxygens (including phenoxy) is 3. The average molecular weight is 443 g/mol. The van der Waals surface area contributed by atoms with Gasteiger partial charge < -0.3 is 19.5 Å². The summed E-state index contributed by atoms with van der Waals surface area (Å²) in [4.78, 5) is 12.1. The molecule has 0 radical (unpaired) electrons. The van der Waals surface area contributed by atoms with Crippen LogP contribution in [0, 0.1) is 0 Å². The molecule has 0 unspecified atom stereocenters. The van der Waals surface area contributed by atoms with Gasteiger partial charge in [0, 0.05) is 12.6 Å². The largest absolute Gasteiger partial charge is 0.494 e. The molecule has 0 saturated carbocycles. The van der Waals surface area contributed by atoms with Crippen LogP contribution in [0.4, 0.5) is 0 Å². The zero-order valence-electron chi connectivity index (χ0n) is 18.3. The molecule has 0 spiro atoms. The summed E-state index contributed by atoms with van der Waals surface area (Å²) in [6, 6.07) is 13.2. The molecule has 2 aromatic rings. The summed E-state index contributed by atoms with van der Waals surface area (Å²) < 4.78 is 16.6. The Morgan fingerprint density at radius 3 is 2.52 bits per heavy atom. The van der Waals surface area contributed by atoms with Crippen LogP contribution in [0.25, 0.3) is 6.08 Å². The minimum atomic E-state index is -0.302. The molecule has 0 heterocycles. The van der Waals surface area contributed by atoms with Gasteiger partial charge in [0.05, 0.1) is 20.3 Å². The van der Waals surface area contributed by atoms with Crippen LogP contribution in [-0.4, -0.2) is 31.3 Å². The van der Waals surface area contributed by atoms with Crippen molar-refractivity contribution in [1.82, 2.24) is 10.6 Å². The second-order valence-corrected chi connectivity index (χ2v) is 7.10. The summed E-state index contributed by atoms with van der Waals surface area (Å²) in [7, 11) is 1.61. The van der Waals surface area contributed by atoms with E-state index in [2.05, 4.69) is 17.6 Å². The van der Waals surface area contributed by atoms with Crippen molar-refractivity contribution in [2.45, 2.75) is 33.2 Å². The Labute approximate surface area is 189 Å². The second kappa shape index (κ2) is 13.3. The summed E-state index contributed by atoms with van der Waals surface area (Å²) in [5, 5.41) is 5.92. The summed E-state index contributed by atoms with van der Waals surface area (Å²) >= 11 is 5.21. The van der Waals surface area contributed by atoms with Gasteiger partial charge in [-0.3, -0.25) is 10.1 Å². The van der Waals surface area contributed by atoms with Crippen LogP contribution in [0.2, 0.25) is 0 Å². The zero-order chi connectivity index (χ0) is 22.5. The van der Waals surface area contributed by atoms with Crippen LogP contribution < -0.4 is 24.8 Å². The van der Waals surface area contributed by atoms with Gasteiger partial charge in [0.1, 0.15) is 5.75 Å². The van der Waals surface area contributed by atoms with Crippen molar-refractivity contribution >= 4 is 29.3 Å². The van der Waals surface area contributed by atoms with Crippen molar-refractivity contribution < 1.29 is 19.0 Å². The highest BCUT2D eigenvalue weighted by Gasteiger charge is 2.07. The molecule has 0 aliphatic heterocycles. The first-order valence-corrected chi connectivity index (χ1v) is 10.8. The number of amides is 1. The summed E-state index contributed by atoms with van der Waals surface area (Å²) in [6.45, 7) is 5.78. The highest BCUT2D eigenvalue weighted by Crippen LogP contribution is 2.28. The van der Waals surface area contributed by atoms with Crippen LogP contribution in [-0.2, 0) is 11.3 Å². The molecular formula is C24H30N2O4S.